The summed E-state index contributed by atoms with van der Waals surface area (Å²) in [6, 6.07) is 1.29. The van der Waals surface area contributed by atoms with Crippen LogP contribution in [0.1, 0.15) is 47.0 Å². The van der Waals surface area contributed by atoms with Gasteiger partial charge in [0.1, 0.15) is 0 Å². The molecule has 0 radical (unpaired) electrons. The van der Waals surface area contributed by atoms with Gasteiger partial charge < -0.3 is 10.4 Å². The van der Waals surface area contributed by atoms with Crippen molar-refractivity contribution in [2.45, 2.75) is 59.0 Å². The van der Waals surface area contributed by atoms with Gasteiger partial charge in [-0.3, -0.25) is 4.90 Å². The van der Waals surface area contributed by atoms with E-state index in [-0.39, 0.29) is 6.61 Å². The van der Waals surface area contributed by atoms with Gasteiger partial charge in [0.05, 0.1) is 6.61 Å². The normalized spacial score (nSPS) is 19.9. The van der Waals surface area contributed by atoms with Crippen molar-refractivity contribution in [1.29, 1.82) is 0 Å². The summed E-state index contributed by atoms with van der Waals surface area (Å²) < 4.78 is 0. The molecule has 0 aromatic rings. The number of rotatable bonds is 9. The molecule has 17 heavy (non-hydrogen) atoms. The Morgan fingerprint density at radius 3 is 2.47 bits per heavy atom. The molecule has 0 aliphatic heterocycles. The molecule has 0 aromatic heterocycles. The molecule has 0 amide bonds. The minimum atomic E-state index is 0.258. The molecule has 0 saturated heterocycles. The highest BCUT2D eigenvalue weighted by Gasteiger charge is 2.29. The van der Waals surface area contributed by atoms with E-state index in [1.807, 2.05) is 0 Å². The zero-order valence-corrected chi connectivity index (χ0v) is 12.0. The largest absolute Gasteiger partial charge is 0.395 e. The van der Waals surface area contributed by atoms with Crippen molar-refractivity contribution in [3.05, 3.63) is 0 Å². The van der Waals surface area contributed by atoms with E-state index in [2.05, 4.69) is 37.9 Å². The summed E-state index contributed by atoms with van der Waals surface area (Å²) in [6.07, 6.45) is 3.88. The SMILES string of the molecule is CCC(C)(CNC1CC1)CN(CCO)C(C)C. The predicted molar refractivity (Wildman–Crippen MR) is 73.2 cm³/mol. The van der Waals surface area contributed by atoms with Crippen molar-refractivity contribution in [3.8, 4) is 0 Å². The molecule has 3 heteroatoms. The average molecular weight is 242 g/mol. The van der Waals surface area contributed by atoms with Gasteiger partial charge >= 0.3 is 0 Å². The number of hydrogen-bond donors (Lipinski definition) is 2. The Morgan fingerprint density at radius 1 is 1.41 bits per heavy atom. The van der Waals surface area contributed by atoms with Crippen LogP contribution in [0.2, 0.25) is 0 Å². The second-order valence-electron chi connectivity index (χ2n) is 6.11. The van der Waals surface area contributed by atoms with Gasteiger partial charge in [0.25, 0.3) is 0 Å². The first kappa shape index (κ1) is 14.9. The summed E-state index contributed by atoms with van der Waals surface area (Å²) >= 11 is 0. The zero-order chi connectivity index (χ0) is 12.9. The van der Waals surface area contributed by atoms with Crippen LogP contribution < -0.4 is 5.32 Å². The molecule has 0 bridgehead atoms. The van der Waals surface area contributed by atoms with E-state index in [0.717, 1.165) is 25.7 Å². The van der Waals surface area contributed by atoms with Crippen molar-refractivity contribution in [2.24, 2.45) is 5.41 Å². The summed E-state index contributed by atoms with van der Waals surface area (Å²) in [5, 5.41) is 12.8. The molecule has 1 rings (SSSR count). The maximum atomic E-state index is 9.13. The lowest BCUT2D eigenvalue weighted by Gasteiger charge is -2.37. The summed E-state index contributed by atoms with van der Waals surface area (Å²) in [5.74, 6) is 0. The molecule has 2 N–H and O–H groups in total. The van der Waals surface area contributed by atoms with E-state index >= 15 is 0 Å². The molecule has 1 saturated carbocycles. The molecule has 0 aromatic carbocycles. The first-order chi connectivity index (χ1) is 8.00. The Labute approximate surface area is 107 Å². The van der Waals surface area contributed by atoms with Gasteiger partial charge in [-0.25, -0.2) is 0 Å². The number of aliphatic hydroxyl groups excluding tert-OH is 1. The third-order valence-corrected chi connectivity index (χ3v) is 3.95. The molecule has 102 valence electrons. The van der Waals surface area contributed by atoms with Crippen LogP contribution in [0.3, 0.4) is 0 Å². The third kappa shape index (κ3) is 5.36. The lowest BCUT2D eigenvalue weighted by Crippen LogP contribution is -2.46. The topological polar surface area (TPSA) is 35.5 Å². The fraction of sp³-hybridized carbons (Fsp3) is 1.00. The monoisotopic (exact) mass is 242 g/mol. The van der Waals surface area contributed by atoms with Crippen LogP contribution in [-0.4, -0.2) is 48.3 Å². The zero-order valence-electron chi connectivity index (χ0n) is 12.0. The van der Waals surface area contributed by atoms with Crippen molar-refractivity contribution in [3.63, 3.8) is 0 Å². The van der Waals surface area contributed by atoms with E-state index in [1.165, 1.54) is 19.3 Å². The first-order valence-electron chi connectivity index (χ1n) is 7.09. The van der Waals surface area contributed by atoms with Crippen molar-refractivity contribution in [1.82, 2.24) is 10.2 Å². The van der Waals surface area contributed by atoms with Crippen LogP contribution >= 0.6 is 0 Å². The molecule has 1 fully saturated rings. The number of nitrogens with zero attached hydrogens (tertiary/aromatic N) is 1. The lowest BCUT2D eigenvalue weighted by molar-refractivity contribution is 0.103. The maximum absolute atomic E-state index is 9.13. The van der Waals surface area contributed by atoms with Crippen molar-refractivity contribution in [2.75, 3.05) is 26.2 Å². The number of aliphatic hydroxyl groups is 1. The molecule has 1 unspecified atom stereocenters. The van der Waals surface area contributed by atoms with Gasteiger partial charge in [-0.15, -0.1) is 0 Å². The van der Waals surface area contributed by atoms with E-state index < -0.39 is 0 Å². The highest BCUT2D eigenvalue weighted by Crippen LogP contribution is 2.26. The Bertz CT molecular complexity index is 216. The van der Waals surface area contributed by atoms with Crippen LogP contribution in [-0.2, 0) is 0 Å². The minimum absolute atomic E-state index is 0.258. The second-order valence-corrected chi connectivity index (χ2v) is 6.11. The standard InChI is InChI=1S/C14H30N2O/c1-5-14(4,10-15-13-6-7-13)11-16(8-9-17)12(2)3/h12-13,15,17H,5-11H2,1-4H3. The Hall–Kier alpha value is -0.120. The van der Waals surface area contributed by atoms with E-state index in [1.54, 1.807) is 0 Å². The van der Waals surface area contributed by atoms with Crippen LogP contribution in [0.4, 0.5) is 0 Å². The Balaban J connectivity index is 2.44. The summed E-state index contributed by atoms with van der Waals surface area (Å²) in [6.45, 7) is 12.3. The maximum Gasteiger partial charge on any atom is 0.0558 e. The number of hydrogen-bond acceptors (Lipinski definition) is 3. The smallest absolute Gasteiger partial charge is 0.0558 e. The highest BCUT2D eigenvalue weighted by atomic mass is 16.3. The van der Waals surface area contributed by atoms with Gasteiger partial charge in [0.2, 0.25) is 0 Å². The van der Waals surface area contributed by atoms with Crippen LogP contribution in [0.15, 0.2) is 0 Å². The molecule has 3 nitrogen and oxygen atoms in total. The molecular formula is C14H30N2O. The quantitative estimate of drug-likeness (QED) is 0.648. The Morgan fingerprint density at radius 2 is 2.06 bits per heavy atom. The summed E-state index contributed by atoms with van der Waals surface area (Å²) in [4.78, 5) is 2.39. The van der Waals surface area contributed by atoms with E-state index in [4.69, 9.17) is 5.11 Å². The highest BCUT2D eigenvalue weighted by molar-refractivity contribution is 4.87. The molecule has 1 atom stereocenters. The average Bonchev–Trinajstić information content (AvgIpc) is 3.09. The van der Waals surface area contributed by atoms with Gasteiger partial charge in [-0.2, -0.15) is 0 Å². The van der Waals surface area contributed by atoms with Gasteiger partial charge in [-0.1, -0.05) is 13.8 Å². The van der Waals surface area contributed by atoms with Gasteiger partial charge in [0.15, 0.2) is 0 Å². The molecule has 0 heterocycles. The molecule has 1 aliphatic rings. The Kier molecular flexibility index (Phi) is 5.90. The molecule has 0 spiro atoms. The van der Waals surface area contributed by atoms with Crippen LogP contribution in [0.5, 0.6) is 0 Å². The fourth-order valence-corrected chi connectivity index (χ4v) is 2.11. The van der Waals surface area contributed by atoms with Gasteiger partial charge in [0, 0.05) is 31.7 Å². The molecular weight excluding hydrogens is 212 g/mol. The van der Waals surface area contributed by atoms with Gasteiger partial charge in [-0.05, 0) is 38.5 Å². The predicted octanol–water partition coefficient (Wildman–Crippen LogP) is 1.86. The van der Waals surface area contributed by atoms with Crippen LogP contribution in [0.25, 0.3) is 0 Å². The van der Waals surface area contributed by atoms with E-state index in [9.17, 15) is 0 Å². The number of nitrogens with one attached hydrogen (secondary N) is 1. The molecule has 1 aliphatic carbocycles. The minimum Gasteiger partial charge on any atom is -0.395 e. The van der Waals surface area contributed by atoms with Crippen molar-refractivity contribution >= 4 is 0 Å². The van der Waals surface area contributed by atoms with Crippen LogP contribution in [0, 0.1) is 5.41 Å². The first-order valence-corrected chi connectivity index (χ1v) is 7.09. The third-order valence-electron chi connectivity index (χ3n) is 3.95. The fourth-order valence-electron chi connectivity index (χ4n) is 2.11. The lowest BCUT2D eigenvalue weighted by atomic mass is 9.86. The van der Waals surface area contributed by atoms with Crippen molar-refractivity contribution < 1.29 is 5.11 Å². The summed E-state index contributed by atoms with van der Waals surface area (Å²) in [7, 11) is 0. The second kappa shape index (κ2) is 6.72. The summed E-state index contributed by atoms with van der Waals surface area (Å²) in [5.41, 5.74) is 0.321. The van der Waals surface area contributed by atoms with E-state index in [0.29, 0.717) is 11.5 Å².